The van der Waals surface area contributed by atoms with Crippen molar-refractivity contribution >= 4 is 44.9 Å². The van der Waals surface area contributed by atoms with E-state index in [0.717, 1.165) is 25.9 Å². The fourth-order valence-electron chi connectivity index (χ4n) is 2.34. The van der Waals surface area contributed by atoms with E-state index >= 15 is 0 Å². The maximum absolute atomic E-state index is 12.3. The Bertz CT molecular complexity index is 679. The number of carbonyl (C=O) groups is 1. The number of aryl methyl sites for hydroxylation is 2. The summed E-state index contributed by atoms with van der Waals surface area (Å²) in [4.78, 5) is 24.2. The summed E-state index contributed by atoms with van der Waals surface area (Å²) in [5.74, 6) is 0.141. The van der Waals surface area contributed by atoms with Crippen LogP contribution in [-0.2, 0) is 17.8 Å². The first kappa shape index (κ1) is 18.4. The lowest BCUT2D eigenvalue weighted by Gasteiger charge is -2.17. The van der Waals surface area contributed by atoms with Crippen LogP contribution < -0.4 is 0 Å². The van der Waals surface area contributed by atoms with E-state index in [1.165, 1.54) is 16.6 Å². The number of hydrogen-bond acceptors (Lipinski definition) is 5. The number of carbonyl (C=O) groups excluding carboxylic acids is 1. The first-order chi connectivity index (χ1) is 10.9. The zero-order valence-corrected chi connectivity index (χ0v) is 16.9. The van der Waals surface area contributed by atoms with Crippen molar-refractivity contribution in [2.75, 3.05) is 13.3 Å². The van der Waals surface area contributed by atoms with Gasteiger partial charge in [0.25, 0.3) is 0 Å². The number of nitrogens with zero attached hydrogens (tertiary/aromatic N) is 3. The third kappa shape index (κ3) is 5.02. The van der Waals surface area contributed by atoms with Crippen molar-refractivity contribution in [3.63, 3.8) is 0 Å². The lowest BCUT2D eigenvalue weighted by molar-refractivity contribution is -0.130. The molecule has 2 aromatic heterocycles. The summed E-state index contributed by atoms with van der Waals surface area (Å²) >= 11 is 6.64. The standard InChI is InChI=1S/C16H20BrN3OS2/c1-10-13(11(2)19-16(18-10)22-4)6-8-15(21)20(3)9-12-5-7-14(17)23-12/h5,7H,6,8-9H2,1-4H3. The minimum absolute atomic E-state index is 0.141. The largest absolute Gasteiger partial charge is 0.341 e. The van der Waals surface area contributed by atoms with Gasteiger partial charge < -0.3 is 4.90 Å². The van der Waals surface area contributed by atoms with Gasteiger partial charge in [-0.3, -0.25) is 4.79 Å². The van der Waals surface area contributed by atoms with Gasteiger partial charge in [-0.25, -0.2) is 9.97 Å². The zero-order valence-electron chi connectivity index (χ0n) is 13.7. The monoisotopic (exact) mass is 413 g/mol. The second kappa shape index (κ2) is 8.26. The lowest BCUT2D eigenvalue weighted by atomic mass is 10.1. The van der Waals surface area contributed by atoms with Crippen molar-refractivity contribution in [3.8, 4) is 0 Å². The topological polar surface area (TPSA) is 46.1 Å². The molecule has 2 rings (SSSR count). The first-order valence-corrected chi connectivity index (χ1v) is 10.1. The highest BCUT2D eigenvalue weighted by molar-refractivity contribution is 9.11. The lowest BCUT2D eigenvalue weighted by Crippen LogP contribution is -2.26. The van der Waals surface area contributed by atoms with E-state index in [1.807, 2.05) is 39.3 Å². The Labute approximate surface area is 153 Å². The maximum atomic E-state index is 12.3. The molecule has 0 aliphatic carbocycles. The van der Waals surface area contributed by atoms with Gasteiger partial charge in [-0.1, -0.05) is 11.8 Å². The van der Waals surface area contributed by atoms with E-state index in [-0.39, 0.29) is 5.91 Å². The summed E-state index contributed by atoms with van der Waals surface area (Å²) in [7, 11) is 1.85. The Morgan fingerprint density at radius 1 is 1.30 bits per heavy atom. The summed E-state index contributed by atoms with van der Waals surface area (Å²) < 4.78 is 1.09. The van der Waals surface area contributed by atoms with E-state index < -0.39 is 0 Å². The van der Waals surface area contributed by atoms with Crippen LogP contribution in [-0.4, -0.2) is 34.1 Å². The second-order valence-electron chi connectivity index (χ2n) is 5.32. The summed E-state index contributed by atoms with van der Waals surface area (Å²) in [6.07, 6.45) is 3.13. The number of aromatic nitrogens is 2. The fourth-order valence-corrected chi connectivity index (χ4v) is 4.34. The number of halogens is 1. The van der Waals surface area contributed by atoms with Crippen molar-refractivity contribution in [3.05, 3.63) is 37.7 Å². The molecule has 7 heteroatoms. The summed E-state index contributed by atoms with van der Waals surface area (Å²) in [6.45, 7) is 4.62. The predicted octanol–water partition coefficient (Wildman–Crippen LogP) is 4.23. The highest BCUT2D eigenvalue weighted by atomic mass is 79.9. The average molecular weight is 414 g/mol. The van der Waals surface area contributed by atoms with Gasteiger partial charge in [0.05, 0.1) is 10.3 Å². The fraction of sp³-hybridized carbons (Fsp3) is 0.438. The average Bonchev–Trinajstić information content (AvgIpc) is 2.90. The van der Waals surface area contributed by atoms with E-state index in [4.69, 9.17) is 0 Å². The van der Waals surface area contributed by atoms with E-state index in [1.54, 1.807) is 16.2 Å². The Hall–Kier alpha value is -0.920. The molecule has 4 nitrogen and oxygen atoms in total. The van der Waals surface area contributed by atoms with Crippen molar-refractivity contribution < 1.29 is 4.79 Å². The molecule has 0 aliphatic heterocycles. The quantitative estimate of drug-likeness (QED) is 0.524. The second-order valence-corrected chi connectivity index (χ2v) is 8.64. The Morgan fingerprint density at radius 3 is 2.48 bits per heavy atom. The third-order valence-electron chi connectivity index (χ3n) is 3.62. The normalized spacial score (nSPS) is 10.8. The van der Waals surface area contributed by atoms with Crippen LogP contribution in [0.2, 0.25) is 0 Å². The Balaban J connectivity index is 1.96. The highest BCUT2D eigenvalue weighted by Gasteiger charge is 2.14. The molecular formula is C16H20BrN3OS2. The van der Waals surface area contributed by atoms with E-state index in [9.17, 15) is 4.79 Å². The van der Waals surface area contributed by atoms with Gasteiger partial charge >= 0.3 is 0 Å². The maximum Gasteiger partial charge on any atom is 0.222 e. The molecule has 0 N–H and O–H groups in total. The molecule has 0 saturated carbocycles. The predicted molar refractivity (Wildman–Crippen MR) is 100 cm³/mol. The smallest absolute Gasteiger partial charge is 0.222 e. The molecule has 0 aliphatic rings. The van der Waals surface area contributed by atoms with E-state index in [2.05, 4.69) is 25.9 Å². The Kier molecular flexibility index (Phi) is 6.61. The van der Waals surface area contributed by atoms with Crippen LogP contribution in [0.1, 0.15) is 28.2 Å². The number of thioether (sulfide) groups is 1. The van der Waals surface area contributed by atoms with Crippen LogP contribution in [0, 0.1) is 13.8 Å². The molecule has 0 atom stereocenters. The van der Waals surface area contributed by atoms with Gasteiger partial charge in [-0.15, -0.1) is 11.3 Å². The molecule has 0 radical (unpaired) electrons. The van der Waals surface area contributed by atoms with E-state index in [0.29, 0.717) is 19.4 Å². The van der Waals surface area contributed by atoms with Gasteiger partial charge in [0, 0.05) is 29.7 Å². The van der Waals surface area contributed by atoms with Crippen LogP contribution in [0.5, 0.6) is 0 Å². The van der Waals surface area contributed by atoms with Gasteiger partial charge in [-0.05, 0) is 60.2 Å². The number of hydrogen-bond donors (Lipinski definition) is 0. The summed E-state index contributed by atoms with van der Waals surface area (Å²) in [5.41, 5.74) is 3.03. The number of amides is 1. The Morgan fingerprint density at radius 2 is 1.96 bits per heavy atom. The minimum Gasteiger partial charge on any atom is -0.341 e. The van der Waals surface area contributed by atoms with Gasteiger partial charge in [0.1, 0.15) is 0 Å². The molecule has 0 aromatic carbocycles. The number of thiophene rings is 1. The van der Waals surface area contributed by atoms with Crippen LogP contribution in [0.4, 0.5) is 0 Å². The van der Waals surface area contributed by atoms with Gasteiger partial charge in [0.15, 0.2) is 5.16 Å². The highest BCUT2D eigenvalue weighted by Crippen LogP contribution is 2.23. The molecule has 0 saturated heterocycles. The van der Waals surface area contributed by atoms with Crippen LogP contribution >= 0.6 is 39.0 Å². The molecular weight excluding hydrogens is 394 g/mol. The van der Waals surface area contributed by atoms with Crippen LogP contribution in [0.3, 0.4) is 0 Å². The molecule has 2 aromatic rings. The SMILES string of the molecule is CSc1nc(C)c(CCC(=O)N(C)Cc2ccc(Br)s2)c(C)n1. The van der Waals surface area contributed by atoms with Crippen molar-refractivity contribution in [1.29, 1.82) is 0 Å². The molecule has 1 amide bonds. The molecule has 124 valence electrons. The van der Waals surface area contributed by atoms with Gasteiger partial charge in [-0.2, -0.15) is 0 Å². The summed E-state index contributed by atoms with van der Waals surface area (Å²) in [5, 5.41) is 0.787. The zero-order chi connectivity index (χ0) is 17.0. The van der Waals surface area contributed by atoms with Crippen LogP contribution in [0.15, 0.2) is 21.1 Å². The minimum atomic E-state index is 0.141. The van der Waals surface area contributed by atoms with Crippen molar-refractivity contribution in [2.45, 2.75) is 38.4 Å². The molecule has 0 bridgehead atoms. The van der Waals surface area contributed by atoms with Gasteiger partial charge in [0.2, 0.25) is 5.91 Å². The van der Waals surface area contributed by atoms with Crippen molar-refractivity contribution in [2.24, 2.45) is 0 Å². The molecule has 23 heavy (non-hydrogen) atoms. The first-order valence-electron chi connectivity index (χ1n) is 7.27. The molecule has 0 spiro atoms. The third-order valence-corrected chi connectivity index (χ3v) is 5.78. The molecule has 2 heterocycles. The summed E-state index contributed by atoms with van der Waals surface area (Å²) in [6, 6.07) is 4.05. The van der Waals surface area contributed by atoms with Crippen molar-refractivity contribution in [1.82, 2.24) is 14.9 Å². The molecule has 0 unspecified atom stereocenters. The van der Waals surface area contributed by atoms with Crippen LogP contribution in [0.25, 0.3) is 0 Å². The number of rotatable bonds is 6. The molecule has 0 fully saturated rings.